The molecule has 7 nitrogen and oxygen atoms in total. The van der Waals surface area contributed by atoms with Crippen LogP contribution in [-0.4, -0.2) is 10.8 Å². The van der Waals surface area contributed by atoms with E-state index >= 15 is 0 Å². The Morgan fingerprint density at radius 2 is 2.00 bits per heavy atom. The second-order valence-electron chi connectivity index (χ2n) is 6.07. The molecular weight excluding hydrogens is 394 g/mol. The van der Waals surface area contributed by atoms with Crippen molar-refractivity contribution < 1.29 is 14.1 Å². The Balaban J connectivity index is 1.85. The molecule has 0 aliphatic rings. The first-order valence-electron chi connectivity index (χ1n) is 8.42. The molecule has 1 heterocycles. The Hall–Kier alpha value is -3.89. The van der Waals surface area contributed by atoms with Gasteiger partial charge in [0.25, 0.3) is 11.6 Å². The molecule has 0 fully saturated rings. The van der Waals surface area contributed by atoms with Crippen LogP contribution in [0.15, 0.2) is 64.6 Å². The van der Waals surface area contributed by atoms with E-state index in [9.17, 15) is 20.2 Å². The molecule has 0 saturated carbocycles. The Kier molecular flexibility index (Phi) is 5.77. The van der Waals surface area contributed by atoms with Gasteiger partial charge in [-0.25, -0.2) is 0 Å². The number of nitrogens with one attached hydrogen (secondary N) is 1. The molecule has 3 rings (SSSR count). The molecule has 144 valence electrons. The molecule has 29 heavy (non-hydrogen) atoms. The summed E-state index contributed by atoms with van der Waals surface area (Å²) >= 11 is 6.10. The number of furan rings is 1. The van der Waals surface area contributed by atoms with Gasteiger partial charge in [0.15, 0.2) is 0 Å². The minimum absolute atomic E-state index is 0.0665. The molecule has 1 aromatic heterocycles. The quantitative estimate of drug-likeness (QED) is 0.265. The molecule has 1 amide bonds. The minimum Gasteiger partial charge on any atom is -0.457 e. The average molecular weight is 408 g/mol. The Morgan fingerprint density at radius 3 is 2.69 bits per heavy atom. The van der Waals surface area contributed by atoms with Gasteiger partial charge in [-0.2, -0.15) is 5.26 Å². The number of para-hydroxylation sites is 1. The van der Waals surface area contributed by atoms with E-state index in [-0.39, 0.29) is 17.0 Å². The molecule has 0 spiro atoms. The van der Waals surface area contributed by atoms with Crippen LogP contribution < -0.4 is 5.32 Å². The molecule has 2 aromatic carbocycles. The van der Waals surface area contributed by atoms with Crippen molar-refractivity contribution in [3.05, 3.63) is 86.6 Å². The Morgan fingerprint density at radius 1 is 1.24 bits per heavy atom. The topological polar surface area (TPSA) is 109 Å². The zero-order valence-corrected chi connectivity index (χ0v) is 15.9. The van der Waals surface area contributed by atoms with Gasteiger partial charge in [-0.1, -0.05) is 35.9 Å². The van der Waals surface area contributed by atoms with Crippen molar-refractivity contribution >= 4 is 35.0 Å². The van der Waals surface area contributed by atoms with Gasteiger partial charge in [-0.15, -0.1) is 0 Å². The largest absolute Gasteiger partial charge is 0.457 e. The summed E-state index contributed by atoms with van der Waals surface area (Å²) in [5, 5.41) is 23.3. The lowest BCUT2D eigenvalue weighted by Crippen LogP contribution is -2.14. The summed E-state index contributed by atoms with van der Waals surface area (Å²) in [7, 11) is 0. The summed E-state index contributed by atoms with van der Waals surface area (Å²) in [4.78, 5) is 22.9. The third kappa shape index (κ3) is 4.51. The summed E-state index contributed by atoms with van der Waals surface area (Å²) < 4.78 is 5.63. The summed E-state index contributed by atoms with van der Waals surface area (Å²) in [6.45, 7) is 1.79. The van der Waals surface area contributed by atoms with Crippen LogP contribution in [0.25, 0.3) is 17.4 Å². The van der Waals surface area contributed by atoms with Gasteiger partial charge < -0.3 is 9.73 Å². The maximum atomic E-state index is 12.5. The fourth-order valence-corrected chi connectivity index (χ4v) is 2.89. The number of carbonyl (C=O) groups is 1. The lowest BCUT2D eigenvalue weighted by atomic mass is 10.1. The minimum atomic E-state index is -0.628. The van der Waals surface area contributed by atoms with Gasteiger partial charge in [0.1, 0.15) is 23.2 Å². The first-order chi connectivity index (χ1) is 13.9. The SMILES string of the molecule is Cc1cccc(Cl)c1NC(=O)/C(C#N)=C/c1ccc(-c2cccc([N+](=O)[O-])c2)o1. The third-order valence-corrected chi connectivity index (χ3v) is 4.40. The number of nitro benzene ring substituents is 1. The van der Waals surface area contributed by atoms with Crippen molar-refractivity contribution in [3.63, 3.8) is 0 Å². The molecule has 0 saturated heterocycles. The number of nitrogens with zero attached hydrogens (tertiary/aromatic N) is 2. The van der Waals surface area contributed by atoms with Crippen molar-refractivity contribution in [2.75, 3.05) is 5.32 Å². The van der Waals surface area contributed by atoms with E-state index in [1.165, 1.54) is 18.2 Å². The monoisotopic (exact) mass is 407 g/mol. The lowest BCUT2D eigenvalue weighted by Gasteiger charge is -2.09. The van der Waals surface area contributed by atoms with Crippen LogP contribution in [0.4, 0.5) is 11.4 Å². The smallest absolute Gasteiger partial charge is 0.270 e. The Labute approximate surface area is 171 Å². The number of hydrogen-bond donors (Lipinski definition) is 1. The molecule has 3 aromatic rings. The number of nitro groups is 1. The normalized spacial score (nSPS) is 11.0. The summed E-state index contributed by atoms with van der Waals surface area (Å²) in [5.41, 5.74) is 1.45. The second kappa shape index (κ2) is 8.42. The van der Waals surface area contributed by atoms with E-state index in [2.05, 4.69) is 5.32 Å². The van der Waals surface area contributed by atoms with Crippen LogP contribution in [0.3, 0.4) is 0 Å². The molecular formula is C21H14ClN3O4. The van der Waals surface area contributed by atoms with E-state index in [0.717, 1.165) is 5.56 Å². The first kappa shape index (κ1) is 19.9. The van der Waals surface area contributed by atoms with Gasteiger partial charge >= 0.3 is 0 Å². The van der Waals surface area contributed by atoms with E-state index in [0.29, 0.717) is 22.0 Å². The van der Waals surface area contributed by atoms with Crippen LogP contribution in [0.5, 0.6) is 0 Å². The highest BCUT2D eigenvalue weighted by Gasteiger charge is 2.15. The molecule has 0 radical (unpaired) electrons. The van der Waals surface area contributed by atoms with Crippen LogP contribution in [0, 0.1) is 28.4 Å². The summed E-state index contributed by atoms with van der Waals surface area (Å²) in [6.07, 6.45) is 1.29. The van der Waals surface area contributed by atoms with Gasteiger partial charge in [0.05, 0.1) is 15.6 Å². The van der Waals surface area contributed by atoms with Crippen molar-refractivity contribution in [2.45, 2.75) is 6.92 Å². The van der Waals surface area contributed by atoms with Crippen molar-refractivity contribution in [2.24, 2.45) is 0 Å². The molecule has 0 atom stereocenters. The van der Waals surface area contributed by atoms with Crippen LogP contribution >= 0.6 is 11.6 Å². The standard InChI is InChI=1S/C21H14ClN3O4/c1-13-4-2-7-18(22)20(13)24-21(26)15(12-23)11-17-8-9-19(29-17)14-5-3-6-16(10-14)25(27)28/h2-11H,1H3,(H,24,26)/b15-11+. The molecule has 0 unspecified atom stereocenters. The number of benzene rings is 2. The molecule has 0 aliphatic heterocycles. The van der Waals surface area contributed by atoms with Crippen molar-refractivity contribution in [1.29, 1.82) is 5.26 Å². The number of carbonyl (C=O) groups excluding carboxylic acids is 1. The number of non-ortho nitro benzene ring substituents is 1. The highest BCUT2D eigenvalue weighted by molar-refractivity contribution is 6.34. The third-order valence-electron chi connectivity index (χ3n) is 4.08. The van der Waals surface area contributed by atoms with Crippen molar-refractivity contribution in [3.8, 4) is 17.4 Å². The highest BCUT2D eigenvalue weighted by Crippen LogP contribution is 2.28. The second-order valence-corrected chi connectivity index (χ2v) is 6.47. The first-order valence-corrected chi connectivity index (χ1v) is 8.80. The highest BCUT2D eigenvalue weighted by atomic mass is 35.5. The van der Waals surface area contributed by atoms with Crippen LogP contribution in [0.2, 0.25) is 5.02 Å². The van der Waals surface area contributed by atoms with Gasteiger partial charge in [0, 0.05) is 23.8 Å². The zero-order valence-electron chi connectivity index (χ0n) is 15.2. The zero-order chi connectivity index (χ0) is 21.0. The molecule has 8 heteroatoms. The fraction of sp³-hybridized carbons (Fsp3) is 0.0476. The summed E-state index contributed by atoms with van der Waals surface area (Å²) in [5.74, 6) is 0.00526. The number of halogens is 1. The van der Waals surface area contributed by atoms with E-state index < -0.39 is 10.8 Å². The molecule has 0 bridgehead atoms. The molecule has 1 N–H and O–H groups in total. The van der Waals surface area contributed by atoms with Gasteiger partial charge in [0.2, 0.25) is 0 Å². The molecule has 0 aliphatic carbocycles. The number of hydrogen-bond acceptors (Lipinski definition) is 5. The van der Waals surface area contributed by atoms with E-state index in [1.54, 1.807) is 49.4 Å². The number of nitriles is 1. The van der Waals surface area contributed by atoms with Crippen molar-refractivity contribution in [1.82, 2.24) is 0 Å². The van der Waals surface area contributed by atoms with Crippen LogP contribution in [-0.2, 0) is 4.79 Å². The van der Waals surface area contributed by atoms with Gasteiger partial charge in [-0.3, -0.25) is 14.9 Å². The maximum Gasteiger partial charge on any atom is 0.270 e. The van der Waals surface area contributed by atoms with Crippen LogP contribution in [0.1, 0.15) is 11.3 Å². The number of amides is 1. The Bertz CT molecular complexity index is 1150. The predicted octanol–water partition coefficient (Wildman–Crippen LogP) is 5.36. The fourth-order valence-electron chi connectivity index (χ4n) is 2.62. The lowest BCUT2D eigenvalue weighted by molar-refractivity contribution is -0.384. The summed E-state index contributed by atoms with van der Waals surface area (Å²) in [6, 6.07) is 16.2. The van der Waals surface area contributed by atoms with E-state index in [4.69, 9.17) is 16.0 Å². The number of anilines is 1. The average Bonchev–Trinajstić information content (AvgIpc) is 3.17. The van der Waals surface area contributed by atoms with Gasteiger partial charge in [-0.05, 0) is 30.7 Å². The predicted molar refractivity (Wildman–Crippen MR) is 109 cm³/mol. The van der Waals surface area contributed by atoms with E-state index in [1.807, 2.05) is 6.07 Å². The maximum absolute atomic E-state index is 12.5. The number of aryl methyl sites for hydroxylation is 1. The number of rotatable bonds is 5.